The van der Waals surface area contributed by atoms with E-state index in [1.807, 2.05) is 48.5 Å². The van der Waals surface area contributed by atoms with Crippen LogP contribution in [0.1, 0.15) is 17.5 Å². The summed E-state index contributed by atoms with van der Waals surface area (Å²) in [6.45, 7) is 0.0836. The van der Waals surface area contributed by atoms with E-state index in [1.54, 1.807) is 13.2 Å². The Hall–Kier alpha value is -3.12. The minimum absolute atomic E-state index is 0.0836. The number of urea groups is 1. The number of benzene rings is 2. The Morgan fingerprint density at radius 3 is 2.69 bits per heavy atom. The Morgan fingerprint density at radius 1 is 1.14 bits per heavy atom. The summed E-state index contributed by atoms with van der Waals surface area (Å²) < 4.78 is 5.21. The zero-order valence-electron chi connectivity index (χ0n) is 15.9. The molecule has 1 aliphatic heterocycles. The van der Waals surface area contributed by atoms with Crippen molar-refractivity contribution >= 4 is 34.4 Å². The van der Waals surface area contributed by atoms with Crippen LogP contribution < -0.4 is 10.1 Å². The molecular formula is C22H20ClN3O3. The average Bonchev–Trinajstić information content (AvgIpc) is 3.00. The van der Waals surface area contributed by atoms with Gasteiger partial charge in [0.1, 0.15) is 16.9 Å². The quantitative estimate of drug-likeness (QED) is 0.494. The fourth-order valence-electron chi connectivity index (χ4n) is 3.45. The maximum absolute atomic E-state index is 12.8. The number of halogens is 1. The van der Waals surface area contributed by atoms with Crippen LogP contribution in [0, 0.1) is 0 Å². The molecule has 1 N–H and O–H groups in total. The van der Waals surface area contributed by atoms with E-state index in [0.717, 1.165) is 10.9 Å². The van der Waals surface area contributed by atoms with Crippen LogP contribution >= 0.6 is 11.6 Å². The molecule has 0 unspecified atom stereocenters. The lowest BCUT2D eigenvalue weighted by Crippen LogP contribution is -2.31. The Labute approximate surface area is 173 Å². The normalized spacial score (nSPS) is 16.3. The smallest absolute Gasteiger partial charge is 0.325 e. The molecule has 1 aromatic heterocycles. The standard InChI is InChI=1S/C22H20ClN3O3/c1-29-17-9-8-15-11-16(20(23)24-19(15)12-17)13-26-21(27)18(25-22(26)28)10-7-14-5-3-2-4-6-14/h2-6,8-9,11-12,18H,7,10,13H2,1H3,(H,25,28)/t18-/m0/s1. The highest BCUT2D eigenvalue weighted by Crippen LogP contribution is 2.26. The van der Waals surface area contributed by atoms with Crippen molar-refractivity contribution in [2.45, 2.75) is 25.4 Å². The molecule has 1 saturated heterocycles. The number of amides is 3. The predicted molar refractivity (Wildman–Crippen MR) is 111 cm³/mol. The zero-order valence-corrected chi connectivity index (χ0v) is 16.6. The van der Waals surface area contributed by atoms with E-state index >= 15 is 0 Å². The fourth-order valence-corrected chi connectivity index (χ4v) is 3.66. The number of methoxy groups -OCH3 is 1. The summed E-state index contributed by atoms with van der Waals surface area (Å²) in [6.07, 6.45) is 1.26. The number of carbonyl (C=O) groups excluding carboxylic acids is 2. The number of aryl methyl sites for hydroxylation is 1. The molecular weight excluding hydrogens is 390 g/mol. The lowest BCUT2D eigenvalue weighted by Gasteiger charge is -2.15. The number of hydrogen-bond donors (Lipinski definition) is 1. The predicted octanol–water partition coefficient (Wildman–Crippen LogP) is 3.95. The minimum Gasteiger partial charge on any atom is -0.497 e. The van der Waals surface area contributed by atoms with Crippen molar-refractivity contribution in [3.63, 3.8) is 0 Å². The SMILES string of the molecule is COc1ccc2cc(CN3C(=O)N[C@@H](CCc4ccccc4)C3=O)c(Cl)nc2c1. The summed E-state index contributed by atoms with van der Waals surface area (Å²) in [4.78, 5) is 30.7. The van der Waals surface area contributed by atoms with Crippen molar-refractivity contribution < 1.29 is 14.3 Å². The number of rotatable bonds is 6. The zero-order chi connectivity index (χ0) is 20.4. The second kappa shape index (κ2) is 8.09. The monoisotopic (exact) mass is 409 g/mol. The highest BCUT2D eigenvalue weighted by molar-refractivity contribution is 6.30. The van der Waals surface area contributed by atoms with Crippen LogP contribution in [0.4, 0.5) is 4.79 Å². The molecule has 1 atom stereocenters. The van der Waals surface area contributed by atoms with Gasteiger partial charge in [-0.15, -0.1) is 0 Å². The molecule has 0 bridgehead atoms. The van der Waals surface area contributed by atoms with Crippen LogP contribution in [0.2, 0.25) is 5.15 Å². The van der Waals surface area contributed by atoms with E-state index < -0.39 is 12.1 Å². The average molecular weight is 410 g/mol. The van der Waals surface area contributed by atoms with Crippen LogP contribution in [0.15, 0.2) is 54.6 Å². The fraction of sp³-hybridized carbons (Fsp3) is 0.227. The highest BCUT2D eigenvalue weighted by atomic mass is 35.5. The van der Waals surface area contributed by atoms with E-state index in [0.29, 0.717) is 29.7 Å². The van der Waals surface area contributed by atoms with Gasteiger partial charge in [0.15, 0.2) is 0 Å². The second-order valence-electron chi connectivity index (χ2n) is 6.95. The van der Waals surface area contributed by atoms with Crippen LogP contribution in [0.5, 0.6) is 5.75 Å². The third-order valence-corrected chi connectivity index (χ3v) is 5.38. The summed E-state index contributed by atoms with van der Waals surface area (Å²) in [6, 6.07) is 16.3. The van der Waals surface area contributed by atoms with Gasteiger partial charge in [-0.25, -0.2) is 9.78 Å². The number of nitrogens with one attached hydrogen (secondary N) is 1. The molecule has 0 radical (unpaired) electrons. The van der Waals surface area contributed by atoms with Crippen molar-refractivity contribution in [1.82, 2.24) is 15.2 Å². The van der Waals surface area contributed by atoms with E-state index in [4.69, 9.17) is 16.3 Å². The maximum atomic E-state index is 12.8. The Kier molecular flexibility index (Phi) is 5.36. The van der Waals surface area contributed by atoms with Crippen molar-refractivity contribution in [2.75, 3.05) is 7.11 Å². The van der Waals surface area contributed by atoms with Gasteiger partial charge in [-0.2, -0.15) is 0 Å². The maximum Gasteiger partial charge on any atom is 0.325 e. The van der Waals surface area contributed by atoms with Gasteiger partial charge in [-0.05, 0) is 36.6 Å². The summed E-state index contributed by atoms with van der Waals surface area (Å²) >= 11 is 6.33. The summed E-state index contributed by atoms with van der Waals surface area (Å²) in [5, 5.41) is 3.90. The summed E-state index contributed by atoms with van der Waals surface area (Å²) in [5.74, 6) is 0.445. The third kappa shape index (κ3) is 4.03. The number of imide groups is 1. The van der Waals surface area contributed by atoms with Gasteiger partial charge in [0.2, 0.25) is 0 Å². The number of pyridine rings is 1. The molecule has 1 aliphatic rings. The number of ether oxygens (including phenoxy) is 1. The van der Waals surface area contributed by atoms with Gasteiger partial charge >= 0.3 is 6.03 Å². The van der Waals surface area contributed by atoms with E-state index in [-0.39, 0.29) is 17.6 Å². The van der Waals surface area contributed by atoms with Crippen molar-refractivity contribution in [3.8, 4) is 5.75 Å². The van der Waals surface area contributed by atoms with Crippen molar-refractivity contribution in [1.29, 1.82) is 0 Å². The molecule has 0 aliphatic carbocycles. The number of nitrogens with zero attached hydrogens (tertiary/aromatic N) is 2. The van der Waals surface area contributed by atoms with Gasteiger partial charge in [0.25, 0.3) is 5.91 Å². The first-order valence-electron chi connectivity index (χ1n) is 9.34. The molecule has 2 aromatic carbocycles. The third-order valence-electron chi connectivity index (χ3n) is 5.05. The molecule has 3 amide bonds. The lowest BCUT2D eigenvalue weighted by molar-refractivity contribution is -0.128. The topological polar surface area (TPSA) is 71.5 Å². The molecule has 0 saturated carbocycles. The molecule has 3 aromatic rings. The van der Waals surface area contributed by atoms with Crippen LogP contribution in [-0.2, 0) is 17.8 Å². The molecule has 1 fully saturated rings. The number of hydrogen-bond acceptors (Lipinski definition) is 4. The second-order valence-corrected chi connectivity index (χ2v) is 7.31. The molecule has 6 nitrogen and oxygen atoms in total. The van der Waals surface area contributed by atoms with Gasteiger partial charge in [-0.1, -0.05) is 41.9 Å². The van der Waals surface area contributed by atoms with Crippen LogP contribution in [-0.4, -0.2) is 35.0 Å². The van der Waals surface area contributed by atoms with Crippen LogP contribution in [0.25, 0.3) is 10.9 Å². The van der Waals surface area contributed by atoms with Crippen LogP contribution in [0.3, 0.4) is 0 Å². The van der Waals surface area contributed by atoms with Crippen molar-refractivity contribution in [2.24, 2.45) is 0 Å². The first-order valence-corrected chi connectivity index (χ1v) is 9.72. The largest absolute Gasteiger partial charge is 0.497 e. The lowest BCUT2D eigenvalue weighted by atomic mass is 10.1. The number of fused-ring (bicyclic) bond motifs is 1. The first kappa shape index (κ1) is 19.2. The van der Waals surface area contributed by atoms with Gasteiger partial charge in [0.05, 0.1) is 19.2 Å². The summed E-state index contributed by atoms with van der Waals surface area (Å²) in [5.41, 5.74) is 2.44. The minimum atomic E-state index is -0.529. The Bertz CT molecular complexity index is 1070. The number of carbonyl (C=O) groups is 2. The van der Waals surface area contributed by atoms with E-state index in [1.165, 1.54) is 4.90 Å². The van der Waals surface area contributed by atoms with E-state index in [2.05, 4.69) is 10.3 Å². The molecule has 4 rings (SSSR count). The molecule has 29 heavy (non-hydrogen) atoms. The van der Waals surface area contributed by atoms with Gasteiger partial charge < -0.3 is 10.1 Å². The van der Waals surface area contributed by atoms with E-state index in [9.17, 15) is 9.59 Å². The van der Waals surface area contributed by atoms with Gasteiger partial charge in [-0.3, -0.25) is 9.69 Å². The Morgan fingerprint density at radius 2 is 1.93 bits per heavy atom. The Balaban J connectivity index is 1.49. The summed E-state index contributed by atoms with van der Waals surface area (Å²) in [7, 11) is 1.59. The highest BCUT2D eigenvalue weighted by Gasteiger charge is 2.37. The molecule has 0 spiro atoms. The molecule has 2 heterocycles. The van der Waals surface area contributed by atoms with Gasteiger partial charge in [0, 0.05) is 17.0 Å². The first-order chi connectivity index (χ1) is 14.0. The van der Waals surface area contributed by atoms with Crippen molar-refractivity contribution in [3.05, 3.63) is 70.9 Å². The molecule has 148 valence electrons. The number of aromatic nitrogens is 1. The molecule has 7 heteroatoms.